The normalized spacial score (nSPS) is 32.5. The van der Waals surface area contributed by atoms with Crippen molar-refractivity contribution in [1.82, 2.24) is 5.32 Å². The van der Waals surface area contributed by atoms with E-state index in [4.69, 9.17) is 5.11 Å². The van der Waals surface area contributed by atoms with Gasteiger partial charge in [0.25, 0.3) is 0 Å². The molecule has 17 heavy (non-hydrogen) atoms. The maximum atomic E-state index is 11.0. The molecule has 1 heterocycles. The highest BCUT2D eigenvalue weighted by atomic mass is 16.4. The Balaban J connectivity index is 2.08. The molecule has 1 saturated heterocycles. The van der Waals surface area contributed by atoms with Crippen molar-refractivity contribution in [1.29, 1.82) is 0 Å². The zero-order valence-electron chi connectivity index (χ0n) is 10.9. The van der Waals surface area contributed by atoms with E-state index in [-0.39, 0.29) is 6.04 Å². The fraction of sp³-hybridized carbons (Fsp3) is 0.929. The van der Waals surface area contributed by atoms with Gasteiger partial charge in [-0.3, -0.25) is 4.79 Å². The Kier molecular flexibility index (Phi) is 4.08. The molecular weight excluding hydrogens is 214 g/mol. The average Bonchev–Trinajstić information content (AvgIpc) is 2.33. The molecule has 2 atom stereocenters. The zero-order chi connectivity index (χ0) is 12.3. The standard InChI is InChI=1S/C14H25NO2/c1-2-11-6-9-14(7-4-3-5-8-14)12(15-11)10-13(16)17/h11-12,15H,2-10H2,1H3,(H,16,17)/t11-,12+/m0/s1. The number of aliphatic carboxylic acids is 1. The molecule has 0 amide bonds. The maximum Gasteiger partial charge on any atom is 0.304 e. The summed E-state index contributed by atoms with van der Waals surface area (Å²) in [6.45, 7) is 2.19. The van der Waals surface area contributed by atoms with Gasteiger partial charge >= 0.3 is 5.97 Å². The maximum absolute atomic E-state index is 11.0. The number of rotatable bonds is 3. The van der Waals surface area contributed by atoms with Gasteiger partial charge in [-0.25, -0.2) is 0 Å². The topological polar surface area (TPSA) is 49.3 Å². The Morgan fingerprint density at radius 2 is 2.00 bits per heavy atom. The second-order valence-electron chi connectivity index (χ2n) is 5.88. The van der Waals surface area contributed by atoms with Gasteiger partial charge in [0.15, 0.2) is 0 Å². The molecule has 1 spiro atoms. The van der Waals surface area contributed by atoms with Crippen molar-refractivity contribution >= 4 is 5.97 Å². The lowest BCUT2D eigenvalue weighted by molar-refractivity contribution is -0.139. The predicted molar refractivity (Wildman–Crippen MR) is 68.0 cm³/mol. The summed E-state index contributed by atoms with van der Waals surface area (Å²) in [4.78, 5) is 11.0. The summed E-state index contributed by atoms with van der Waals surface area (Å²) < 4.78 is 0. The predicted octanol–water partition coefficient (Wildman–Crippen LogP) is 2.94. The van der Waals surface area contributed by atoms with Crippen LogP contribution in [0.3, 0.4) is 0 Å². The molecule has 2 aliphatic rings. The summed E-state index contributed by atoms with van der Waals surface area (Å²) in [6.07, 6.45) is 10.2. The lowest BCUT2D eigenvalue weighted by Gasteiger charge is -2.49. The van der Waals surface area contributed by atoms with Crippen LogP contribution < -0.4 is 5.32 Å². The summed E-state index contributed by atoms with van der Waals surface area (Å²) in [6, 6.07) is 0.742. The van der Waals surface area contributed by atoms with Gasteiger partial charge in [-0.15, -0.1) is 0 Å². The third-order valence-corrected chi connectivity index (χ3v) is 4.89. The molecule has 0 bridgehead atoms. The van der Waals surface area contributed by atoms with Crippen molar-refractivity contribution in [2.75, 3.05) is 0 Å². The highest BCUT2D eigenvalue weighted by Crippen LogP contribution is 2.46. The first-order valence-electron chi connectivity index (χ1n) is 7.14. The molecule has 1 aliphatic carbocycles. The van der Waals surface area contributed by atoms with Crippen molar-refractivity contribution in [3.63, 3.8) is 0 Å². The minimum absolute atomic E-state index is 0.207. The second-order valence-corrected chi connectivity index (χ2v) is 5.88. The van der Waals surface area contributed by atoms with Crippen LogP contribution in [0.25, 0.3) is 0 Å². The Labute approximate surface area is 104 Å². The minimum atomic E-state index is -0.649. The number of carboxylic acid groups (broad SMARTS) is 1. The molecule has 2 fully saturated rings. The van der Waals surface area contributed by atoms with E-state index >= 15 is 0 Å². The lowest BCUT2D eigenvalue weighted by atomic mass is 9.63. The number of carbonyl (C=O) groups is 1. The largest absolute Gasteiger partial charge is 0.481 e. The van der Waals surface area contributed by atoms with Crippen LogP contribution in [0.1, 0.15) is 64.7 Å². The van der Waals surface area contributed by atoms with Gasteiger partial charge in [-0.1, -0.05) is 26.2 Å². The van der Waals surface area contributed by atoms with E-state index in [1.165, 1.54) is 44.9 Å². The molecule has 2 rings (SSSR count). The summed E-state index contributed by atoms with van der Waals surface area (Å²) in [5, 5.41) is 12.7. The van der Waals surface area contributed by atoms with Crippen LogP contribution >= 0.6 is 0 Å². The van der Waals surface area contributed by atoms with Crippen LogP contribution in [0.5, 0.6) is 0 Å². The Bertz CT molecular complexity index is 271. The van der Waals surface area contributed by atoms with Crippen LogP contribution in [-0.2, 0) is 4.79 Å². The highest BCUT2D eigenvalue weighted by molar-refractivity contribution is 5.67. The first kappa shape index (κ1) is 12.9. The molecule has 0 unspecified atom stereocenters. The van der Waals surface area contributed by atoms with Crippen LogP contribution in [0, 0.1) is 5.41 Å². The highest BCUT2D eigenvalue weighted by Gasteiger charge is 2.43. The van der Waals surface area contributed by atoms with E-state index in [0.717, 1.165) is 6.42 Å². The molecule has 0 radical (unpaired) electrons. The third-order valence-electron chi connectivity index (χ3n) is 4.89. The van der Waals surface area contributed by atoms with Crippen molar-refractivity contribution in [2.24, 2.45) is 5.41 Å². The second kappa shape index (κ2) is 5.38. The summed E-state index contributed by atoms with van der Waals surface area (Å²) in [7, 11) is 0. The fourth-order valence-corrected chi connectivity index (χ4v) is 3.81. The van der Waals surface area contributed by atoms with Crippen molar-refractivity contribution in [2.45, 2.75) is 76.8 Å². The summed E-state index contributed by atoms with van der Waals surface area (Å²) >= 11 is 0. The minimum Gasteiger partial charge on any atom is -0.481 e. The van der Waals surface area contributed by atoms with Crippen molar-refractivity contribution < 1.29 is 9.90 Å². The van der Waals surface area contributed by atoms with Crippen LogP contribution in [-0.4, -0.2) is 23.2 Å². The average molecular weight is 239 g/mol. The lowest BCUT2D eigenvalue weighted by Crippen LogP contribution is -2.55. The van der Waals surface area contributed by atoms with E-state index in [9.17, 15) is 4.79 Å². The summed E-state index contributed by atoms with van der Waals surface area (Å²) in [5.41, 5.74) is 0.294. The molecular formula is C14H25NO2. The summed E-state index contributed by atoms with van der Waals surface area (Å²) in [5.74, 6) is -0.649. The zero-order valence-corrected chi connectivity index (χ0v) is 10.9. The SMILES string of the molecule is CC[C@H]1CCC2(CCCCC2)[C@@H](CC(=O)O)N1. The molecule has 1 aliphatic heterocycles. The fourth-order valence-electron chi connectivity index (χ4n) is 3.81. The van der Waals surface area contributed by atoms with Crippen molar-refractivity contribution in [3.05, 3.63) is 0 Å². The first-order valence-corrected chi connectivity index (χ1v) is 7.14. The van der Waals surface area contributed by atoms with Crippen LogP contribution in [0.2, 0.25) is 0 Å². The Morgan fingerprint density at radius 3 is 2.59 bits per heavy atom. The molecule has 0 aromatic heterocycles. The van der Waals surface area contributed by atoms with Gasteiger partial charge in [0.2, 0.25) is 0 Å². The number of hydrogen-bond donors (Lipinski definition) is 2. The van der Waals surface area contributed by atoms with Gasteiger partial charge in [-0.2, -0.15) is 0 Å². The van der Waals surface area contributed by atoms with Gasteiger partial charge in [0, 0.05) is 12.1 Å². The van der Waals surface area contributed by atoms with E-state index < -0.39 is 5.97 Å². The van der Waals surface area contributed by atoms with E-state index in [1.807, 2.05) is 0 Å². The number of hydrogen-bond acceptors (Lipinski definition) is 2. The number of piperidine rings is 1. The van der Waals surface area contributed by atoms with E-state index in [1.54, 1.807) is 0 Å². The molecule has 2 N–H and O–H groups in total. The number of carboxylic acids is 1. The van der Waals surface area contributed by atoms with Crippen LogP contribution in [0.15, 0.2) is 0 Å². The molecule has 0 aromatic carbocycles. The van der Waals surface area contributed by atoms with Crippen molar-refractivity contribution in [3.8, 4) is 0 Å². The van der Waals surface area contributed by atoms with Gasteiger partial charge in [0.05, 0.1) is 6.42 Å². The quantitative estimate of drug-likeness (QED) is 0.796. The van der Waals surface area contributed by atoms with Gasteiger partial charge < -0.3 is 10.4 Å². The third kappa shape index (κ3) is 2.82. The molecule has 0 aromatic rings. The number of nitrogens with one attached hydrogen (secondary N) is 1. The smallest absolute Gasteiger partial charge is 0.304 e. The van der Waals surface area contributed by atoms with Gasteiger partial charge in [0.1, 0.15) is 0 Å². The van der Waals surface area contributed by atoms with E-state index in [2.05, 4.69) is 12.2 Å². The Morgan fingerprint density at radius 1 is 1.29 bits per heavy atom. The monoisotopic (exact) mass is 239 g/mol. The molecule has 1 saturated carbocycles. The molecule has 3 heteroatoms. The first-order chi connectivity index (χ1) is 8.16. The van der Waals surface area contributed by atoms with E-state index in [0.29, 0.717) is 17.9 Å². The molecule has 3 nitrogen and oxygen atoms in total. The Hall–Kier alpha value is -0.570. The molecule has 98 valence electrons. The van der Waals surface area contributed by atoms with Gasteiger partial charge in [-0.05, 0) is 37.5 Å². The van der Waals surface area contributed by atoms with Crippen LogP contribution in [0.4, 0.5) is 0 Å².